The molecule has 5 nitrogen and oxygen atoms in total. The summed E-state index contributed by atoms with van der Waals surface area (Å²) in [5.41, 5.74) is 0.898. The van der Waals surface area contributed by atoms with Gasteiger partial charge in [0.25, 0.3) is 10.0 Å². The number of sulfonamides is 1. The Balaban J connectivity index is 2.00. The predicted octanol–water partition coefficient (Wildman–Crippen LogP) is 3.12. The van der Waals surface area contributed by atoms with E-state index in [-0.39, 0.29) is 11.1 Å². The van der Waals surface area contributed by atoms with Gasteiger partial charge in [0, 0.05) is 12.1 Å². The summed E-state index contributed by atoms with van der Waals surface area (Å²) in [5.74, 6) is 1.30. The number of hydrogen-bond acceptors (Lipinski definition) is 4. The molecule has 0 bridgehead atoms. The maximum Gasteiger partial charge on any atom is 0.277 e. The third kappa shape index (κ3) is 2.53. The first-order chi connectivity index (χ1) is 10.5. The van der Waals surface area contributed by atoms with Crippen LogP contribution in [0, 0.1) is 6.92 Å². The summed E-state index contributed by atoms with van der Waals surface area (Å²) in [6, 6.07) is 10.5. The maximum absolute atomic E-state index is 12.8. The van der Waals surface area contributed by atoms with E-state index in [0.29, 0.717) is 18.1 Å². The zero-order valence-electron chi connectivity index (χ0n) is 12.7. The first kappa shape index (κ1) is 15.1. The Hall–Kier alpha value is -1.79. The second kappa shape index (κ2) is 5.78. The molecule has 0 amide bonds. The van der Waals surface area contributed by atoms with Gasteiger partial charge >= 0.3 is 0 Å². The highest BCUT2D eigenvalue weighted by Crippen LogP contribution is 2.40. The van der Waals surface area contributed by atoms with Crippen molar-refractivity contribution in [2.24, 2.45) is 0 Å². The molecule has 1 aromatic heterocycles. The molecule has 1 aromatic carbocycles. The van der Waals surface area contributed by atoms with Crippen LogP contribution in [0.3, 0.4) is 0 Å². The molecule has 2 aromatic rings. The standard InChI is InChI=1S/C16H19NO4S/c1-12-9-10-16(21-12)22(18,19)17-11-5-7-14(17)13-6-3-4-8-15(13)20-2/h3-4,6,8-10,14H,5,7,11H2,1-2H3. The van der Waals surface area contributed by atoms with Crippen LogP contribution in [0.25, 0.3) is 0 Å². The van der Waals surface area contributed by atoms with Gasteiger partial charge in [-0.05, 0) is 38.0 Å². The third-order valence-electron chi connectivity index (χ3n) is 3.98. The fourth-order valence-corrected chi connectivity index (χ4v) is 4.58. The molecule has 2 heterocycles. The minimum atomic E-state index is -3.63. The highest BCUT2D eigenvalue weighted by Gasteiger charge is 2.38. The Labute approximate surface area is 130 Å². The number of aryl methyl sites for hydroxylation is 1. The zero-order chi connectivity index (χ0) is 15.7. The third-order valence-corrected chi connectivity index (χ3v) is 5.76. The molecule has 3 rings (SSSR count). The van der Waals surface area contributed by atoms with Gasteiger partial charge in [0.1, 0.15) is 11.5 Å². The first-order valence-electron chi connectivity index (χ1n) is 7.25. The van der Waals surface area contributed by atoms with Crippen molar-refractivity contribution in [3.8, 4) is 5.75 Å². The maximum atomic E-state index is 12.8. The Morgan fingerprint density at radius 3 is 2.68 bits per heavy atom. The lowest BCUT2D eigenvalue weighted by Crippen LogP contribution is -2.30. The van der Waals surface area contributed by atoms with E-state index in [1.165, 1.54) is 10.4 Å². The molecule has 0 aliphatic carbocycles. The minimum Gasteiger partial charge on any atom is -0.496 e. The molecule has 0 saturated carbocycles. The smallest absolute Gasteiger partial charge is 0.277 e. The highest BCUT2D eigenvalue weighted by molar-refractivity contribution is 7.89. The molecule has 1 atom stereocenters. The lowest BCUT2D eigenvalue weighted by Gasteiger charge is -2.24. The number of rotatable bonds is 4. The molecular formula is C16H19NO4S. The molecule has 118 valence electrons. The van der Waals surface area contributed by atoms with Crippen molar-refractivity contribution >= 4 is 10.0 Å². The van der Waals surface area contributed by atoms with E-state index in [1.807, 2.05) is 24.3 Å². The number of furan rings is 1. The van der Waals surface area contributed by atoms with E-state index in [9.17, 15) is 8.42 Å². The van der Waals surface area contributed by atoms with E-state index in [4.69, 9.17) is 9.15 Å². The van der Waals surface area contributed by atoms with Crippen molar-refractivity contribution < 1.29 is 17.6 Å². The van der Waals surface area contributed by atoms with E-state index < -0.39 is 10.0 Å². The molecule has 0 N–H and O–H groups in total. The van der Waals surface area contributed by atoms with Crippen LogP contribution < -0.4 is 4.74 Å². The number of nitrogens with zero attached hydrogens (tertiary/aromatic N) is 1. The normalized spacial score (nSPS) is 19.5. The van der Waals surface area contributed by atoms with Crippen molar-refractivity contribution in [1.82, 2.24) is 4.31 Å². The van der Waals surface area contributed by atoms with Gasteiger partial charge in [-0.25, -0.2) is 8.42 Å². The van der Waals surface area contributed by atoms with Crippen molar-refractivity contribution in [3.63, 3.8) is 0 Å². The van der Waals surface area contributed by atoms with Gasteiger partial charge in [0.05, 0.1) is 13.2 Å². The molecule has 1 fully saturated rings. The lowest BCUT2D eigenvalue weighted by atomic mass is 10.0. The van der Waals surface area contributed by atoms with Gasteiger partial charge in [0.15, 0.2) is 0 Å². The van der Waals surface area contributed by atoms with E-state index in [2.05, 4.69) is 0 Å². The van der Waals surface area contributed by atoms with Crippen LogP contribution in [0.2, 0.25) is 0 Å². The first-order valence-corrected chi connectivity index (χ1v) is 8.69. The monoisotopic (exact) mass is 321 g/mol. The molecule has 1 aliphatic rings. The van der Waals surface area contributed by atoms with Crippen LogP contribution in [-0.2, 0) is 10.0 Å². The average Bonchev–Trinajstić information content (AvgIpc) is 3.16. The second-order valence-electron chi connectivity index (χ2n) is 5.38. The van der Waals surface area contributed by atoms with Crippen molar-refractivity contribution in [1.29, 1.82) is 0 Å². The Kier molecular flexibility index (Phi) is 3.97. The van der Waals surface area contributed by atoms with Crippen molar-refractivity contribution in [3.05, 3.63) is 47.7 Å². The summed E-state index contributed by atoms with van der Waals surface area (Å²) in [7, 11) is -2.03. The summed E-state index contributed by atoms with van der Waals surface area (Å²) in [6.07, 6.45) is 1.60. The van der Waals surface area contributed by atoms with E-state index in [1.54, 1.807) is 20.1 Å². The molecule has 1 saturated heterocycles. The fraction of sp³-hybridized carbons (Fsp3) is 0.375. The Morgan fingerprint density at radius 1 is 1.23 bits per heavy atom. The molecule has 1 unspecified atom stereocenters. The van der Waals surface area contributed by atoms with Gasteiger partial charge in [0.2, 0.25) is 5.09 Å². The summed E-state index contributed by atoms with van der Waals surface area (Å²) in [4.78, 5) is 0. The van der Waals surface area contributed by atoms with E-state index >= 15 is 0 Å². The summed E-state index contributed by atoms with van der Waals surface area (Å²) in [6.45, 7) is 2.23. The quantitative estimate of drug-likeness (QED) is 0.868. The molecule has 0 radical (unpaired) electrons. The highest BCUT2D eigenvalue weighted by atomic mass is 32.2. The minimum absolute atomic E-state index is 0.00629. The van der Waals surface area contributed by atoms with Crippen molar-refractivity contribution in [2.45, 2.75) is 30.9 Å². The van der Waals surface area contributed by atoms with Crippen LogP contribution in [0.1, 0.15) is 30.2 Å². The van der Waals surface area contributed by atoms with E-state index in [0.717, 1.165) is 18.4 Å². The molecular weight excluding hydrogens is 302 g/mol. The van der Waals surface area contributed by atoms with Gasteiger partial charge in [-0.3, -0.25) is 0 Å². The number of methoxy groups -OCH3 is 1. The summed E-state index contributed by atoms with van der Waals surface area (Å²) in [5, 5.41) is 0.00629. The molecule has 22 heavy (non-hydrogen) atoms. The van der Waals surface area contributed by atoms with Crippen LogP contribution in [0.4, 0.5) is 0 Å². The number of hydrogen-bond donors (Lipinski definition) is 0. The SMILES string of the molecule is COc1ccccc1C1CCCN1S(=O)(=O)c1ccc(C)o1. The largest absolute Gasteiger partial charge is 0.496 e. The summed E-state index contributed by atoms with van der Waals surface area (Å²) < 4.78 is 37.9. The van der Waals surface area contributed by atoms with Gasteiger partial charge in [-0.2, -0.15) is 4.31 Å². The van der Waals surface area contributed by atoms with Crippen LogP contribution >= 0.6 is 0 Å². The van der Waals surface area contributed by atoms with Crippen molar-refractivity contribution in [2.75, 3.05) is 13.7 Å². The topological polar surface area (TPSA) is 59.8 Å². The lowest BCUT2D eigenvalue weighted by molar-refractivity contribution is 0.349. The number of para-hydroxylation sites is 1. The molecule has 0 spiro atoms. The van der Waals surface area contributed by atoms with Gasteiger partial charge in [-0.15, -0.1) is 0 Å². The van der Waals surface area contributed by atoms with Crippen LogP contribution in [0.5, 0.6) is 5.75 Å². The number of ether oxygens (including phenoxy) is 1. The van der Waals surface area contributed by atoms with Crippen LogP contribution in [0.15, 0.2) is 45.9 Å². The van der Waals surface area contributed by atoms with Gasteiger partial charge < -0.3 is 9.15 Å². The Morgan fingerprint density at radius 2 is 2.00 bits per heavy atom. The molecule has 1 aliphatic heterocycles. The molecule has 6 heteroatoms. The van der Waals surface area contributed by atoms with Crippen LogP contribution in [-0.4, -0.2) is 26.4 Å². The van der Waals surface area contributed by atoms with Gasteiger partial charge in [-0.1, -0.05) is 18.2 Å². The number of benzene rings is 1. The Bertz CT molecular complexity index is 766. The second-order valence-corrected chi connectivity index (χ2v) is 7.20. The average molecular weight is 321 g/mol. The fourth-order valence-electron chi connectivity index (χ4n) is 2.95. The summed E-state index contributed by atoms with van der Waals surface area (Å²) >= 11 is 0. The zero-order valence-corrected chi connectivity index (χ0v) is 13.5. The predicted molar refractivity (Wildman–Crippen MR) is 82.3 cm³/mol.